The number of likely N-dealkylation sites (N-methyl/N-ethyl adjacent to an activating group) is 1. The van der Waals surface area contributed by atoms with E-state index in [2.05, 4.69) is 17.1 Å². The van der Waals surface area contributed by atoms with Crippen LogP contribution in [0.15, 0.2) is 72.2 Å². The van der Waals surface area contributed by atoms with Gasteiger partial charge in [-0.1, -0.05) is 42.5 Å². The third kappa shape index (κ3) is 3.53. The molecule has 0 bridgehead atoms. The highest BCUT2D eigenvalue weighted by Gasteiger charge is 2.27. The highest BCUT2D eigenvalue weighted by atomic mass is 32.1. The number of rotatable bonds is 6. The molecule has 0 unspecified atom stereocenters. The zero-order chi connectivity index (χ0) is 19.5. The quantitative estimate of drug-likeness (QED) is 0.494. The summed E-state index contributed by atoms with van der Waals surface area (Å²) < 4.78 is 5.80. The van der Waals surface area contributed by atoms with E-state index in [0.29, 0.717) is 0 Å². The van der Waals surface area contributed by atoms with Gasteiger partial charge in [-0.25, -0.2) is 0 Å². The predicted octanol–water partition coefficient (Wildman–Crippen LogP) is 5.16. The number of hydrogen-bond acceptors (Lipinski definition) is 3. The van der Waals surface area contributed by atoms with Crippen LogP contribution in [0.3, 0.4) is 0 Å². The van der Waals surface area contributed by atoms with Gasteiger partial charge in [0.15, 0.2) is 6.61 Å². The number of ether oxygens (including phenoxy) is 1. The van der Waals surface area contributed by atoms with Crippen molar-refractivity contribution in [3.05, 3.63) is 88.2 Å². The summed E-state index contributed by atoms with van der Waals surface area (Å²) in [6.07, 6.45) is 2.00. The van der Waals surface area contributed by atoms with E-state index in [-0.39, 0.29) is 18.6 Å². The molecule has 28 heavy (non-hydrogen) atoms. The van der Waals surface area contributed by atoms with Crippen molar-refractivity contribution < 1.29 is 9.53 Å². The molecule has 4 rings (SSSR count). The number of aryl methyl sites for hydroxylation is 1. The van der Waals surface area contributed by atoms with Crippen LogP contribution < -0.4 is 4.74 Å². The Morgan fingerprint density at radius 2 is 1.89 bits per heavy atom. The van der Waals surface area contributed by atoms with Crippen LogP contribution in [0.4, 0.5) is 0 Å². The Bertz CT molecular complexity index is 1080. The number of para-hydroxylation sites is 2. The van der Waals surface area contributed by atoms with Crippen LogP contribution in [-0.2, 0) is 4.79 Å². The Balaban J connectivity index is 1.62. The Hall–Kier alpha value is -3.05. The summed E-state index contributed by atoms with van der Waals surface area (Å²) in [6, 6.07) is 19.8. The number of nitrogens with one attached hydrogen (secondary N) is 1. The van der Waals surface area contributed by atoms with Crippen molar-refractivity contribution in [3.8, 4) is 5.75 Å². The third-order valence-electron chi connectivity index (χ3n) is 4.95. The minimum atomic E-state index is -0.163. The average molecular weight is 391 g/mol. The number of carbonyl (C=O) groups is 1. The SMILES string of the molecule is Cc1ccccc1OCC(=O)N(C)[C@@H](c1cccs1)c1c[nH]c2ccccc12. The van der Waals surface area contributed by atoms with Crippen LogP contribution in [0.5, 0.6) is 5.75 Å². The van der Waals surface area contributed by atoms with E-state index >= 15 is 0 Å². The number of aromatic nitrogens is 1. The van der Waals surface area contributed by atoms with Gasteiger partial charge in [0.2, 0.25) is 0 Å². The molecule has 142 valence electrons. The van der Waals surface area contributed by atoms with Crippen molar-refractivity contribution in [2.24, 2.45) is 0 Å². The zero-order valence-electron chi connectivity index (χ0n) is 15.9. The standard InChI is InChI=1S/C23H22N2O2S/c1-16-8-3-6-11-20(16)27-15-22(26)25(2)23(21-12-7-13-28-21)18-14-24-19-10-5-4-9-17(18)19/h3-14,23-24H,15H2,1-2H3/t23-/m1/s1. The summed E-state index contributed by atoms with van der Waals surface area (Å²) in [5.41, 5.74) is 3.17. The molecule has 2 heterocycles. The summed E-state index contributed by atoms with van der Waals surface area (Å²) in [5, 5.41) is 3.17. The van der Waals surface area contributed by atoms with Gasteiger partial charge >= 0.3 is 0 Å². The van der Waals surface area contributed by atoms with E-state index in [9.17, 15) is 4.79 Å². The van der Waals surface area contributed by atoms with E-state index in [4.69, 9.17) is 4.74 Å². The minimum absolute atomic E-state index is 0.00554. The molecule has 0 radical (unpaired) electrons. The van der Waals surface area contributed by atoms with Crippen LogP contribution in [0, 0.1) is 6.92 Å². The molecule has 4 aromatic rings. The molecule has 0 aliphatic carbocycles. The lowest BCUT2D eigenvalue weighted by Gasteiger charge is -2.27. The van der Waals surface area contributed by atoms with E-state index in [1.54, 1.807) is 16.2 Å². The molecule has 4 nitrogen and oxygen atoms in total. The van der Waals surface area contributed by atoms with Crippen molar-refractivity contribution in [2.75, 3.05) is 13.7 Å². The fraction of sp³-hybridized carbons (Fsp3) is 0.174. The summed E-state index contributed by atoms with van der Waals surface area (Å²) in [4.78, 5) is 19.2. The molecule has 0 aliphatic rings. The molecule has 1 atom stereocenters. The van der Waals surface area contributed by atoms with Gasteiger partial charge in [0.05, 0.1) is 6.04 Å². The molecule has 0 fully saturated rings. The number of nitrogens with zero attached hydrogens (tertiary/aromatic N) is 1. The van der Waals surface area contributed by atoms with Crippen LogP contribution >= 0.6 is 11.3 Å². The van der Waals surface area contributed by atoms with Crippen molar-refractivity contribution in [1.82, 2.24) is 9.88 Å². The van der Waals surface area contributed by atoms with Crippen molar-refractivity contribution in [3.63, 3.8) is 0 Å². The first-order valence-corrected chi connectivity index (χ1v) is 10.1. The molecule has 5 heteroatoms. The maximum Gasteiger partial charge on any atom is 0.261 e. The van der Waals surface area contributed by atoms with Gasteiger partial charge in [-0.3, -0.25) is 4.79 Å². The first kappa shape index (κ1) is 18.3. The van der Waals surface area contributed by atoms with Crippen LogP contribution in [0.2, 0.25) is 0 Å². The lowest BCUT2D eigenvalue weighted by molar-refractivity contribution is -0.133. The Labute approximate surface area is 168 Å². The second kappa shape index (κ2) is 7.90. The average Bonchev–Trinajstić information content (AvgIpc) is 3.38. The summed E-state index contributed by atoms with van der Waals surface area (Å²) >= 11 is 1.65. The van der Waals surface area contributed by atoms with Gasteiger partial charge in [-0.15, -0.1) is 11.3 Å². The molecular weight excluding hydrogens is 368 g/mol. The molecular formula is C23H22N2O2S. The second-order valence-electron chi connectivity index (χ2n) is 6.77. The van der Waals surface area contributed by atoms with Crippen molar-refractivity contribution >= 4 is 28.1 Å². The number of H-pyrrole nitrogens is 1. The molecule has 0 spiro atoms. The molecule has 2 aromatic carbocycles. The number of benzene rings is 2. The topological polar surface area (TPSA) is 45.3 Å². The van der Waals surface area contributed by atoms with Crippen molar-refractivity contribution in [1.29, 1.82) is 0 Å². The predicted molar refractivity (Wildman–Crippen MR) is 114 cm³/mol. The molecule has 0 saturated carbocycles. The smallest absolute Gasteiger partial charge is 0.261 e. The summed E-state index contributed by atoms with van der Waals surface area (Å²) in [5.74, 6) is 0.677. The van der Waals surface area contributed by atoms with Crippen molar-refractivity contribution in [2.45, 2.75) is 13.0 Å². The number of hydrogen-bond donors (Lipinski definition) is 1. The Morgan fingerprint density at radius 1 is 1.11 bits per heavy atom. The largest absolute Gasteiger partial charge is 0.484 e. The van der Waals surface area contributed by atoms with E-state index in [1.165, 1.54) is 0 Å². The van der Waals surface area contributed by atoms with Gasteiger partial charge in [-0.05, 0) is 36.1 Å². The summed E-state index contributed by atoms with van der Waals surface area (Å²) in [6.45, 7) is 1.98. The Morgan fingerprint density at radius 3 is 2.68 bits per heavy atom. The molecule has 1 amide bonds. The maximum atomic E-state index is 13.0. The lowest BCUT2D eigenvalue weighted by atomic mass is 10.0. The van der Waals surface area contributed by atoms with Crippen LogP contribution in [0.1, 0.15) is 22.0 Å². The number of carbonyl (C=O) groups excluding carboxylic acids is 1. The summed E-state index contributed by atoms with van der Waals surface area (Å²) in [7, 11) is 1.84. The fourth-order valence-corrected chi connectivity index (χ4v) is 4.31. The maximum absolute atomic E-state index is 13.0. The second-order valence-corrected chi connectivity index (χ2v) is 7.75. The highest BCUT2D eigenvalue weighted by molar-refractivity contribution is 7.10. The zero-order valence-corrected chi connectivity index (χ0v) is 16.7. The number of aromatic amines is 1. The molecule has 0 aliphatic heterocycles. The van der Waals surface area contributed by atoms with E-state index < -0.39 is 0 Å². The fourth-order valence-electron chi connectivity index (χ4n) is 3.42. The number of amides is 1. The normalized spacial score (nSPS) is 12.1. The van der Waals surface area contributed by atoms with Crippen LogP contribution in [-0.4, -0.2) is 29.4 Å². The molecule has 2 aromatic heterocycles. The third-order valence-corrected chi connectivity index (χ3v) is 5.88. The Kier molecular flexibility index (Phi) is 5.17. The van der Waals surface area contributed by atoms with Gasteiger partial charge in [0.1, 0.15) is 5.75 Å². The van der Waals surface area contributed by atoms with Gasteiger partial charge in [-0.2, -0.15) is 0 Å². The van der Waals surface area contributed by atoms with Gasteiger partial charge in [0, 0.05) is 34.6 Å². The van der Waals surface area contributed by atoms with Crippen LogP contribution in [0.25, 0.3) is 10.9 Å². The van der Waals surface area contributed by atoms with Gasteiger partial charge < -0.3 is 14.6 Å². The highest BCUT2D eigenvalue weighted by Crippen LogP contribution is 2.35. The number of fused-ring (bicyclic) bond motifs is 1. The van der Waals surface area contributed by atoms with E-state index in [1.807, 2.05) is 74.1 Å². The molecule has 0 saturated heterocycles. The first-order chi connectivity index (χ1) is 13.6. The van der Waals surface area contributed by atoms with E-state index in [0.717, 1.165) is 32.7 Å². The number of thiophene rings is 1. The first-order valence-electron chi connectivity index (χ1n) is 9.18. The lowest BCUT2D eigenvalue weighted by Crippen LogP contribution is -2.35. The minimum Gasteiger partial charge on any atom is -0.484 e. The molecule has 1 N–H and O–H groups in total. The monoisotopic (exact) mass is 390 g/mol. The van der Waals surface area contributed by atoms with Gasteiger partial charge in [0.25, 0.3) is 5.91 Å².